The molecule has 1 heterocycles. The molecule has 1 aromatic heterocycles. The van der Waals surface area contributed by atoms with E-state index in [1.165, 1.54) is 26.5 Å². The van der Waals surface area contributed by atoms with Gasteiger partial charge in [0.1, 0.15) is 0 Å². The van der Waals surface area contributed by atoms with Crippen LogP contribution in [0.25, 0.3) is 12.2 Å². The number of aromatic nitrogens is 1. The quantitative estimate of drug-likeness (QED) is 0.495. The molecule has 0 bridgehead atoms. The van der Waals surface area contributed by atoms with Gasteiger partial charge in [-0.25, -0.2) is 0 Å². The van der Waals surface area contributed by atoms with Gasteiger partial charge in [0.15, 0.2) is 23.8 Å². The second kappa shape index (κ2) is 10.1. The third-order valence-corrected chi connectivity index (χ3v) is 5.47. The molecule has 0 saturated heterocycles. The minimum absolute atomic E-state index is 0.0652. The van der Waals surface area contributed by atoms with E-state index in [0.29, 0.717) is 23.0 Å². The van der Waals surface area contributed by atoms with Crippen LogP contribution in [-0.2, 0) is 4.79 Å². The van der Waals surface area contributed by atoms with Gasteiger partial charge in [0.2, 0.25) is 5.76 Å². The van der Waals surface area contributed by atoms with Gasteiger partial charge in [-0.3, -0.25) is 14.9 Å². The lowest BCUT2D eigenvalue weighted by Gasteiger charge is -2.29. The number of nitrogens with zero attached hydrogens (tertiary/aromatic N) is 2. The highest BCUT2D eigenvalue weighted by Gasteiger charge is 2.23. The predicted octanol–water partition coefficient (Wildman–Crippen LogP) is 4.14. The standard InChI is InChI=1S/C22H27N3O6/c1-14-6-4-5-7-17(14)23-21(26)13-30-18-10-8-16(12-20(18)29-3)9-11-19-22(25(27)28)15(2)24-31-19/h8-12,14,17H,4-7,13H2,1-3H3,(H,23,26)/b11-9+/t14-,17-/m1/s1. The minimum Gasteiger partial charge on any atom is -0.493 e. The fourth-order valence-electron chi connectivity index (χ4n) is 3.72. The van der Waals surface area contributed by atoms with Gasteiger partial charge in [0.25, 0.3) is 5.91 Å². The molecule has 0 spiro atoms. The first kappa shape index (κ1) is 22.3. The summed E-state index contributed by atoms with van der Waals surface area (Å²) in [6.45, 7) is 3.58. The number of carbonyl (C=O) groups excluding carboxylic acids is 1. The van der Waals surface area contributed by atoms with E-state index in [0.717, 1.165) is 19.3 Å². The van der Waals surface area contributed by atoms with Gasteiger partial charge in [0, 0.05) is 6.04 Å². The Bertz CT molecular complexity index is 968. The zero-order chi connectivity index (χ0) is 22.4. The summed E-state index contributed by atoms with van der Waals surface area (Å²) in [5, 5.41) is 17.8. The number of benzene rings is 1. The van der Waals surface area contributed by atoms with Crippen LogP contribution in [-0.4, -0.2) is 35.7 Å². The Labute approximate surface area is 180 Å². The maximum Gasteiger partial charge on any atom is 0.338 e. The van der Waals surface area contributed by atoms with Crippen molar-refractivity contribution in [3.63, 3.8) is 0 Å². The Hall–Kier alpha value is -3.36. The first-order valence-corrected chi connectivity index (χ1v) is 10.3. The summed E-state index contributed by atoms with van der Waals surface area (Å²) >= 11 is 0. The molecular formula is C22H27N3O6. The molecule has 31 heavy (non-hydrogen) atoms. The number of methoxy groups -OCH3 is 1. The molecule has 1 N–H and O–H groups in total. The molecule has 0 unspecified atom stereocenters. The van der Waals surface area contributed by atoms with Crippen LogP contribution in [0.3, 0.4) is 0 Å². The topological polar surface area (TPSA) is 117 Å². The molecule has 1 saturated carbocycles. The Morgan fingerprint density at radius 1 is 1.32 bits per heavy atom. The number of carbonyl (C=O) groups is 1. The Morgan fingerprint density at radius 3 is 2.81 bits per heavy atom. The van der Waals surface area contributed by atoms with Gasteiger partial charge in [-0.05, 0) is 49.5 Å². The van der Waals surface area contributed by atoms with Crippen LogP contribution in [0.15, 0.2) is 22.7 Å². The van der Waals surface area contributed by atoms with Crippen LogP contribution in [0.5, 0.6) is 11.5 Å². The van der Waals surface area contributed by atoms with Gasteiger partial charge in [-0.15, -0.1) is 0 Å². The van der Waals surface area contributed by atoms with E-state index < -0.39 is 4.92 Å². The summed E-state index contributed by atoms with van der Waals surface area (Å²) in [7, 11) is 1.50. The van der Waals surface area contributed by atoms with Crippen molar-refractivity contribution in [1.29, 1.82) is 0 Å². The number of nitro groups is 1. The number of aryl methyl sites for hydroxylation is 1. The van der Waals surface area contributed by atoms with E-state index in [9.17, 15) is 14.9 Å². The first-order valence-electron chi connectivity index (χ1n) is 10.3. The third-order valence-electron chi connectivity index (χ3n) is 5.47. The average Bonchev–Trinajstić information content (AvgIpc) is 3.13. The number of nitrogens with one attached hydrogen (secondary N) is 1. The monoisotopic (exact) mass is 429 g/mol. The van der Waals surface area contributed by atoms with Crippen LogP contribution in [0, 0.1) is 23.0 Å². The van der Waals surface area contributed by atoms with E-state index in [2.05, 4.69) is 17.4 Å². The SMILES string of the molecule is COc1cc(/C=C/c2onc(C)c2[N+](=O)[O-])ccc1OCC(=O)N[C@@H]1CCCC[C@H]1C. The highest BCUT2D eigenvalue weighted by Crippen LogP contribution is 2.30. The minimum atomic E-state index is -0.526. The third kappa shape index (κ3) is 5.62. The lowest BCUT2D eigenvalue weighted by atomic mass is 9.86. The predicted molar refractivity (Wildman–Crippen MR) is 115 cm³/mol. The summed E-state index contributed by atoms with van der Waals surface area (Å²) < 4.78 is 16.0. The first-order chi connectivity index (χ1) is 14.9. The normalized spacial score (nSPS) is 18.7. The maximum absolute atomic E-state index is 12.3. The van der Waals surface area contributed by atoms with Crippen molar-refractivity contribution < 1.29 is 23.7 Å². The highest BCUT2D eigenvalue weighted by molar-refractivity contribution is 5.78. The van der Waals surface area contributed by atoms with Crippen molar-refractivity contribution in [2.24, 2.45) is 5.92 Å². The smallest absolute Gasteiger partial charge is 0.338 e. The van der Waals surface area contributed by atoms with Gasteiger partial charge >= 0.3 is 5.69 Å². The van der Waals surface area contributed by atoms with E-state index in [1.54, 1.807) is 24.3 Å². The molecule has 2 atom stereocenters. The summed E-state index contributed by atoms with van der Waals surface area (Å²) in [6, 6.07) is 5.35. The molecule has 1 aromatic carbocycles. The molecule has 2 aromatic rings. The summed E-state index contributed by atoms with van der Waals surface area (Å²) in [5.74, 6) is 1.27. The molecule has 1 aliphatic carbocycles. The number of amides is 1. The van der Waals surface area contributed by atoms with Gasteiger partial charge < -0.3 is 19.3 Å². The van der Waals surface area contributed by atoms with Gasteiger partial charge in [-0.1, -0.05) is 37.1 Å². The summed E-state index contributed by atoms with van der Waals surface area (Å²) in [5.41, 5.74) is 0.765. The average molecular weight is 429 g/mol. The molecule has 1 fully saturated rings. The highest BCUT2D eigenvalue weighted by atomic mass is 16.6. The molecule has 0 radical (unpaired) electrons. The molecule has 9 heteroatoms. The molecule has 3 rings (SSSR count). The largest absolute Gasteiger partial charge is 0.493 e. The van der Waals surface area contributed by atoms with Crippen molar-refractivity contribution in [3.05, 3.63) is 45.3 Å². The second-order valence-corrected chi connectivity index (χ2v) is 7.71. The fraction of sp³-hybridized carbons (Fsp3) is 0.455. The zero-order valence-corrected chi connectivity index (χ0v) is 17.9. The summed E-state index contributed by atoms with van der Waals surface area (Å²) in [4.78, 5) is 22.9. The van der Waals surface area contributed by atoms with Crippen LogP contribution < -0.4 is 14.8 Å². The lowest BCUT2D eigenvalue weighted by molar-refractivity contribution is -0.386. The van der Waals surface area contributed by atoms with Crippen molar-refractivity contribution in [2.75, 3.05) is 13.7 Å². The van der Waals surface area contributed by atoms with E-state index in [4.69, 9.17) is 14.0 Å². The second-order valence-electron chi connectivity index (χ2n) is 7.71. The number of rotatable bonds is 8. The Morgan fingerprint density at radius 2 is 2.10 bits per heavy atom. The van der Waals surface area contributed by atoms with E-state index in [-0.39, 0.29) is 35.7 Å². The molecule has 9 nitrogen and oxygen atoms in total. The zero-order valence-electron chi connectivity index (χ0n) is 17.9. The fourth-order valence-corrected chi connectivity index (χ4v) is 3.72. The molecular weight excluding hydrogens is 402 g/mol. The van der Waals surface area contributed by atoms with Crippen LogP contribution >= 0.6 is 0 Å². The Balaban J connectivity index is 1.63. The molecule has 1 amide bonds. The van der Waals surface area contributed by atoms with E-state index in [1.807, 2.05) is 0 Å². The molecule has 166 valence electrons. The number of hydrogen-bond acceptors (Lipinski definition) is 7. The van der Waals surface area contributed by atoms with Crippen LogP contribution in [0.4, 0.5) is 5.69 Å². The van der Waals surface area contributed by atoms with Gasteiger partial charge in [-0.2, -0.15) is 0 Å². The lowest BCUT2D eigenvalue weighted by Crippen LogP contribution is -2.43. The van der Waals surface area contributed by atoms with Crippen molar-refractivity contribution in [1.82, 2.24) is 10.5 Å². The maximum atomic E-state index is 12.3. The van der Waals surface area contributed by atoms with Crippen LogP contribution in [0.1, 0.15) is 49.6 Å². The van der Waals surface area contributed by atoms with E-state index >= 15 is 0 Å². The van der Waals surface area contributed by atoms with Crippen molar-refractivity contribution in [3.8, 4) is 11.5 Å². The van der Waals surface area contributed by atoms with Crippen molar-refractivity contribution >= 4 is 23.7 Å². The molecule has 0 aliphatic heterocycles. The van der Waals surface area contributed by atoms with Crippen molar-refractivity contribution in [2.45, 2.75) is 45.6 Å². The number of ether oxygens (including phenoxy) is 2. The summed E-state index contributed by atoms with van der Waals surface area (Å²) in [6.07, 6.45) is 7.61. The Kier molecular flexibility index (Phi) is 7.28. The molecule has 1 aliphatic rings. The van der Waals surface area contributed by atoms with Gasteiger partial charge in [0.05, 0.1) is 12.0 Å². The number of hydrogen-bond donors (Lipinski definition) is 1. The van der Waals surface area contributed by atoms with Crippen LogP contribution in [0.2, 0.25) is 0 Å².